The number of hydrogen-bond donors (Lipinski definition) is 2. The maximum absolute atomic E-state index is 12.2. The van der Waals surface area contributed by atoms with Crippen molar-refractivity contribution in [3.63, 3.8) is 0 Å². The molecule has 146 valence electrons. The lowest BCUT2D eigenvalue weighted by Gasteiger charge is -2.14. The molecule has 0 spiro atoms. The Hall–Kier alpha value is -2.77. The van der Waals surface area contributed by atoms with Crippen molar-refractivity contribution in [2.75, 3.05) is 13.7 Å². The van der Waals surface area contributed by atoms with Crippen molar-refractivity contribution in [2.24, 2.45) is 4.99 Å². The predicted octanol–water partition coefficient (Wildman–Crippen LogP) is 3.45. The van der Waals surface area contributed by atoms with Gasteiger partial charge in [-0.1, -0.05) is 31.2 Å². The topological polar surface area (TPSA) is 58.5 Å². The summed E-state index contributed by atoms with van der Waals surface area (Å²) in [4.78, 5) is 7.95. The number of nitrogens with zero attached hydrogens (tertiary/aromatic N) is 2. The first-order valence-corrected chi connectivity index (χ1v) is 8.57. The molecule has 2 aromatic rings. The van der Waals surface area contributed by atoms with Crippen molar-refractivity contribution in [2.45, 2.75) is 32.6 Å². The number of hydrogen-bond acceptors (Lipinski definition) is 3. The van der Waals surface area contributed by atoms with Crippen LogP contribution in [0.3, 0.4) is 0 Å². The number of guanidine groups is 1. The lowest BCUT2D eigenvalue weighted by molar-refractivity contribution is -0.154. The quantitative estimate of drug-likeness (QED) is 0.571. The van der Waals surface area contributed by atoms with Crippen molar-refractivity contribution in [3.8, 4) is 5.88 Å². The van der Waals surface area contributed by atoms with Crippen LogP contribution in [0.1, 0.15) is 23.6 Å². The summed E-state index contributed by atoms with van der Waals surface area (Å²) in [6, 6.07) is 11.3. The Balaban J connectivity index is 1.88. The zero-order valence-electron chi connectivity index (χ0n) is 15.3. The molecule has 0 amide bonds. The van der Waals surface area contributed by atoms with E-state index in [9.17, 15) is 13.2 Å². The van der Waals surface area contributed by atoms with E-state index in [4.69, 9.17) is 0 Å². The van der Waals surface area contributed by atoms with Crippen LogP contribution < -0.4 is 15.4 Å². The largest absolute Gasteiger partial charge is 0.468 e. The van der Waals surface area contributed by atoms with E-state index in [-0.39, 0.29) is 5.88 Å². The zero-order valence-corrected chi connectivity index (χ0v) is 15.3. The minimum atomic E-state index is -4.39. The van der Waals surface area contributed by atoms with E-state index in [0.717, 1.165) is 12.0 Å². The third kappa shape index (κ3) is 7.16. The van der Waals surface area contributed by atoms with E-state index in [1.165, 1.54) is 23.4 Å². The van der Waals surface area contributed by atoms with Crippen LogP contribution in [0.25, 0.3) is 0 Å². The van der Waals surface area contributed by atoms with Crippen LogP contribution in [0.4, 0.5) is 13.2 Å². The molecule has 1 aromatic carbocycles. The normalized spacial score (nSPS) is 12.0. The van der Waals surface area contributed by atoms with Gasteiger partial charge in [0.25, 0.3) is 0 Å². The number of aliphatic imine (C=N–C) groups is 1. The molecule has 0 bridgehead atoms. The molecule has 8 heteroatoms. The fourth-order valence-electron chi connectivity index (χ4n) is 2.46. The van der Waals surface area contributed by atoms with Gasteiger partial charge in [0.2, 0.25) is 5.88 Å². The average molecular weight is 380 g/mol. The van der Waals surface area contributed by atoms with Crippen LogP contribution in [0, 0.1) is 0 Å². The van der Waals surface area contributed by atoms with Gasteiger partial charge >= 0.3 is 6.18 Å². The first-order valence-electron chi connectivity index (χ1n) is 8.57. The highest BCUT2D eigenvalue weighted by Gasteiger charge is 2.28. The first-order chi connectivity index (χ1) is 12.9. The summed E-state index contributed by atoms with van der Waals surface area (Å²) in [5.41, 5.74) is 3.19. The lowest BCUT2D eigenvalue weighted by atomic mass is 10.1. The maximum Gasteiger partial charge on any atom is 0.422 e. The molecule has 0 radical (unpaired) electrons. The van der Waals surface area contributed by atoms with E-state index in [0.29, 0.717) is 19.0 Å². The standard InChI is InChI=1S/C19H23F3N4O/c1-3-15-6-4-5-7-16(15)12-26-18(23-2)25-11-14-8-9-24-17(10-14)27-13-19(20,21)22/h4-10H,3,11-13H2,1-2H3,(H2,23,25,26). The average Bonchev–Trinajstić information content (AvgIpc) is 2.66. The molecule has 1 aromatic heterocycles. The number of aromatic nitrogens is 1. The minimum absolute atomic E-state index is 0.0635. The van der Waals surface area contributed by atoms with Gasteiger partial charge in [0.15, 0.2) is 12.6 Å². The van der Waals surface area contributed by atoms with Crippen molar-refractivity contribution in [1.29, 1.82) is 0 Å². The van der Waals surface area contributed by atoms with E-state index in [2.05, 4.69) is 44.4 Å². The van der Waals surface area contributed by atoms with E-state index in [1.807, 2.05) is 12.1 Å². The Morgan fingerprint density at radius 2 is 1.81 bits per heavy atom. The molecule has 27 heavy (non-hydrogen) atoms. The molecular weight excluding hydrogens is 357 g/mol. The molecule has 0 saturated carbocycles. The first kappa shape index (κ1) is 20.5. The number of alkyl halides is 3. The number of halogens is 3. The van der Waals surface area contributed by atoms with E-state index >= 15 is 0 Å². The van der Waals surface area contributed by atoms with Crippen molar-refractivity contribution >= 4 is 5.96 Å². The van der Waals surface area contributed by atoms with Gasteiger partial charge in [-0.05, 0) is 29.2 Å². The van der Waals surface area contributed by atoms with Crippen LogP contribution in [0.15, 0.2) is 47.6 Å². The van der Waals surface area contributed by atoms with E-state index in [1.54, 1.807) is 13.1 Å². The van der Waals surface area contributed by atoms with Gasteiger partial charge in [-0.3, -0.25) is 4.99 Å². The Morgan fingerprint density at radius 3 is 2.48 bits per heavy atom. The minimum Gasteiger partial charge on any atom is -0.468 e. The second kappa shape index (κ2) is 9.80. The molecule has 0 saturated heterocycles. The second-order valence-electron chi connectivity index (χ2n) is 5.81. The number of nitrogens with one attached hydrogen (secondary N) is 2. The third-order valence-corrected chi connectivity index (χ3v) is 3.81. The summed E-state index contributed by atoms with van der Waals surface area (Å²) in [6.45, 7) is 1.74. The molecular formula is C19H23F3N4O. The molecule has 5 nitrogen and oxygen atoms in total. The van der Waals surface area contributed by atoms with Crippen molar-refractivity contribution in [3.05, 3.63) is 59.3 Å². The Bertz CT molecular complexity index is 763. The van der Waals surface area contributed by atoms with Crippen LogP contribution in [0.5, 0.6) is 5.88 Å². The third-order valence-electron chi connectivity index (χ3n) is 3.81. The molecule has 2 rings (SSSR count). The highest BCUT2D eigenvalue weighted by Crippen LogP contribution is 2.17. The van der Waals surface area contributed by atoms with Crippen LogP contribution in [-0.2, 0) is 19.5 Å². The maximum atomic E-state index is 12.2. The molecule has 0 aliphatic heterocycles. The summed E-state index contributed by atoms with van der Waals surface area (Å²) in [6.07, 6.45) is -2.03. The number of ether oxygens (including phenoxy) is 1. The van der Waals surface area contributed by atoms with E-state index < -0.39 is 12.8 Å². The summed E-state index contributed by atoms with van der Waals surface area (Å²) >= 11 is 0. The molecule has 1 heterocycles. The fraction of sp³-hybridized carbons (Fsp3) is 0.368. The fourth-order valence-corrected chi connectivity index (χ4v) is 2.46. The van der Waals surface area contributed by atoms with Crippen LogP contribution in [-0.4, -0.2) is 30.8 Å². The summed E-state index contributed by atoms with van der Waals surface area (Å²) in [5.74, 6) is 0.530. The second-order valence-corrected chi connectivity index (χ2v) is 5.81. The predicted molar refractivity (Wildman–Crippen MR) is 98.6 cm³/mol. The van der Waals surface area contributed by atoms with Crippen LogP contribution >= 0.6 is 0 Å². The molecule has 0 unspecified atom stereocenters. The summed E-state index contributed by atoms with van der Waals surface area (Å²) in [5, 5.41) is 6.36. The zero-order chi connectivity index (χ0) is 19.7. The van der Waals surface area contributed by atoms with Gasteiger partial charge in [-0.2, -0.15) is 13.2 Å². The Labute approximate surface area is 156 Å². The highest BCUT2D eigenvalue weighted by atomic mass is 19.4. The van der Waals surface area contributed by atoms with Gasteiger partial charge in [0.05, 0.1) is 0 Å². The number of rotatable bonds is 7. The lowest BCUT2D eigenvalue weighted by Crippen LogP contribution is -2.36. The number of aryl methyl sites for hydroxylation is 1. The molecule has 0 atom stereocenters. The van der Waals surface area contributed by atoms with Crippen molar-refractivity contribution < 1.29 is 17.9 Å². The summed E-state index contributed by atoms with van der Waals surface area (Å²) in [7, 11) is 1.66. The molecule has 0 aliphatic carbocycles. The van der Waals surface area contributed by atoms with Gasteiger partial charge in [-0.25, -0.2) is 4.98 Å². The number of pyridine rings is 1. The molecule has 0 fully saturated rings. The van der Waals surface area contributed by atoms with Gasteiger partial charge in [-0.15, -0.1) is 0 Å². The summed E-state index contributed by atoms with van der Waals surface area (Å²) < 4.78 is 41.4. The molecule has 2 N–H and O–H groups in total. The SMILES string of the molecule is CCc1ccccc1CNC(=NC)NCc1ccnc(OCC(F)(F)F)c1. The monoisotopic (exact) mass is 380 g/mol. The van der Waals surface area contributed by atoms with Crippen LogP contribution in [0.2, 0.25) is 0 Å². The number of benzene rings is 1. The van der Waals surface area contributed by atoms with Gasteiger partial charge in [0, 0.05) is 32.4 Å². The smallest absolute Gasteiger partial charge is 0.422 e. The Kier molecular flexibility index (Phi) is 7.45. The molecule has 0 aliphatic rings. The van der Waals surface area contributed by atoms with Crippen molar-refractivity contribution in [1.82, 2.24) is 15.6 Å². The highest BCUT2D eigenvalue weighted by molar-refractivity contribution is 5.79. The Morgan fingerprint density at radius 1 is 1.11 bits per heavy atom. The van der Waals surface area contributed by atoms with Gasteiger partial charge < -0.3 is 15.4 Å². The van der Waals surface area contributed by atoms with Gasteiger partial charge in [0.1, 0.15) is 0 Å².